The maximum absolute atomic E-state index is 14.1. The van der Waals surface area contributed by atoms with E-state index in [0.717, 1.165) is 196 Å². The fourth-order valence-corrected chi connectivity index (χ4v) is 22.8. The first-order chi connectivity index (χ1) is 71.5. The third kappa shape index (κ3) is 30.0. The average molecular weight is 2070 g/mol. The summed E-state index contributed by atoms with van der Waals surface area (Å²) in [7, 11) is 0. The molecule has 6 aromatic carbocycles. The number of aliphatic hydroxyl groups excluding tert-OH is 4. The molecule has 796 valence electrons. The summed E-state index contributed by atoms with van der Waals surface area (Å²) >= 11 is 3.19. The Morgan fingerprint density at radius 2 is 0.899 bits per heavy atom. The van der Waals surface area contributed by atoms with E-state index in [1.165, 1.54) is 20.9 Å². The molecular weight excluding hydrogens is 1920 g/mol. The number of carbonyl (C=O) groups excluding carboxylic acids is 9. The third-order valence-electron chi connectivity index (χ3n) is 30.1. The zero-order chi connectivity index (χ0) is 106. The number of fused-ring (bicyclic) bond motifs is 4. The van der Waals surface area contributed by atoms with Crippen LogP contribution in [0, 0.1) is 50.4 Å². The maximum atomic E-state index is 14.1. The second-order valence-electron chi connectivity index (χ2n) is 43.2. The van der Waals surface area contributed by atoms with Crippen molar-refractivity contribution in [2.75, 3.05) is 39.4 Å². The first kappa shape index (κ1) is 113. The fourth-order valence-electron chi connectivity index (χ4n) is 21.2. The number of nitrogens with two attached hydrogens (primary N) is 1. The molecule has 4 aliphatic heterocycles. The number of carboxylic acids is 1. The molecule has 0 saturated carbocycles. The number of benzene rings is 6. The molecule has 31 heteroatoms. The second-order valence-corrected chi connectivity index (χ2v) is 44.9. The smallest absolute Gasteiger partial charge is 0.303 e. The van der Waals surface area contributed by atoms with Gasteiger partial charge in [0.2, 0.25) is 17.7 Å². The number of nitrogens with one attached hydrogen (secondary N) is 3. The highest BCUT2D eigenvalue weighted by Crippen LogP contribution is 2.42. The number of hydrogen-bond donors (Lipinski definition) is 9. The van der Waals surface area contributed by atoms with Crippen molar-refractivity contribution in [3.05, 3.63) is 222 Å². The Hall–Kier alpha value is -12.1. The summed E-state index contributed by atoms with van der Waals surface area (Å²) in [6, 6.07) is 34.5. The van der Waals surface area contributed by atoms with Crippen molar-refractivity contribution in [2.24, 2.45) is 28.4 Å². The number of imidazole rings is 2. The summed E-state index contributed by atoms with van der Waals surface area (Å²) in [5.41, 5.74) is 27.1. The van der Waals surface area contributed by atoms with Gasteiger partial charge in [-0.3, -0.25) is 47.9 Å². The Balaban J connectivity index is 0.000000195. The number of nitrogens with zero attached hydrogens (tertiary/aromatic N) is 8. The summed E-state index contributed by atoms with van der Waals surface area (Å²) in [4.78, 5) is 155. The van der Waals surface area contributed by atoms with Crippen LogP contribution in [-0.2, 0) is 103 Å². The van der Waals surface area contributed by atoms with Crippen LogP contribution in [0.3, 0.4) is 0 Å². The van der Waals surface area contributed by atoms with Gasteiger partial charge in [-0.05, 0) is 238 Å². The molecule has 0 spiro atoms. The lowest BCUT2D eigenvalue weighted by molar-refractivity contribution is -0.146. The summed E-state index contributed by atoms with van der Waals surface area (Å²) in [5.74, 6) is 0.276. The molecule has 10 aromatic rings. The maximum Gasteiger partial charge on any atom is 0.303 e. The number of unbranched alkanes of at least 4 members (excludes halogenated alkanes) is 6. The van der Waals surface area contributed by atoms with Gasteiger partial charge in [-0.25, -0.2) is 19.9 Å². The minimum Gasteiger partial charge on any atom is -0.493 e. The van der Waals surface area contributed by atoms with E-state index in [-0.39, 0.29) is 136 Å². The first-order valence-corrected chi connectivity index (χ1v) is 55.2. The normalized spacial score (nSPS) is 17.4. The Labute approximate surface area is 883 Å². The fraction of sp³-hybridized carbons (Fsp3) is 0.508. The molecule has 4 aromatic heterocycles. The van der Waals surface area contributed by atoms with Gasteiger partial charge >= 0.3 is 5.97 Å². The van der Waals surface area contributed by atoms with E-state index in [9.17, 15) is 68.4 Å². The predicted molar refractivity (Wildman–Crippen MR) is 577 cm³/mol. The number of aryl methyl sites for hydroxylation is 10. The van der Waals surface area contributed by atoms with E-state index in [1.807, 2.05) is 129 Å². The Kier molecular flexibility index (Phi) is 39.7. The third-order valence-corrected chi connectivity index (χ3v) is 32.1. The van der Waals surface area contributed by atoms with Crippen molar-refractivity contribution in [1.29, 1.82) is 0 Å². The Morgan fingerprint density at radius 1 is 0.490 bits per heavy atom. The van der Waals surface area contributed by atoms with Crippen molar-refractivity contribution in [3.8, 4) is 54.9 Å². The number of ketones is 4. The zero-order valence-electron chi connectivity index (χ0n) is 88.2. The number of carbonyl (C=O) groups is 10. The van der Waals surface area contributed by atoms with Crippen LogP contribution in [-0.4, -0.2) is 187 Å². The van der Waals surface area contributed by atoms with Crippen LogP contribution in [0.1, 0.15) is 307 Å². The molecule has 2 aliphatic carbocycles. The molecule has 2 saturated heterocycles. The zero-order valence-corrected chi connectivity index (χ0v) is 89.8. The number of likely N-dealkylation sites (tertiary alicyclic amines) is 2. The van der Waals surface area contributed by atoms with E-state index >= 15 is 0 Å². The molecule has 149 heavy (non-hydrogen) atoms. The molecule has 29 nitrogen and oxygen atoms in total. The summed E-state index contributed by atoms with van der Waals surface area (Å²) in [6.07, 6.45) is 20.8. The van der Waals surface area contributed by atoms with E-state index in [4.69, 9.17) is 30.3 Å². The molecule has 0 unspecified atom stereocenters. The Bertz CT molecular complexity index is 6320. The topological polar surface area (TPSA) is 420 Å². The van der Waals surface area contributed by atoms with Gasteiger partial charge in [0.1, 0.15) is 34.7 Å². The van der Waals surface area contributed by atoms with Gasteiger partial charge in [0, 0.05) is 156 Å². The van der Waals surface area contributed by atoms with Crippen molar-refractivity contribution in [3.63, 3.8) is 0 Å². The molecule has 16 rings (SSSR count). The number of carboxylic acid groups (broad SMARTS) is 1. The average Bonchev–Trinajstić information content (AvgIpc) is 1.63. The van der Waals surface area contributed by atoms with Crippen LogP contribution in [0.5, 0.6) is 11.5 Å². The molecule has 0 radical (unpaired) electrons. The molecule has 5 amide bonds. The standard InChI is InChI=1S/C59H74N6O8S.C32H44N2O6S.C27H32N4O3/c1-37-44(35-66)28-43(57(71)63-49-23-22-40-20-21-42(29-47(40)49)50-34-64-26-10-13-54(64)62-50)30-53(37)73-27-11-25-60-55(70)14-9-7-6-8-12-45(67)31-48(59(3,4)5)58(72)65-33-46(68)32-51(65)52(69)24-17-39-15-18-41(19-16-39)56-38(2)61-36-74-56;1-21-30(41-20-33-21)23-14-11-22(12-15-23)13-16-28(37)27-18-25(36)19-34(27)31(40)26(32(2,3)4)17-24(35)9-7-5-6-8-10-29(38)39;1-17-21(16-32)12-20(14-25(17)34-11-3-9-28)27(33)30-23-8-7-18-5-6-19(13-22(18)23)24-15-31-10-2-4-26(31)29-24/h15-16,18-21,28-30,34,36,46,48-49,51,66,68H,6-14,17,22-27,31-33,35H2,1-5H3,(H,60,70)(H,63,71);11-12,14-15,20,25-27,36H,5-10,13,16-19H2,1-4H3,(H,38,39);5-6,12-15,23,32H,2-4,7-11,16,28H2,1H3,(H,30,33)/t46-,48-,49-,51+;25-,26-,27+;23-/m111/s1. The van der Waals surface area contributed by atoms with Gasteiger partial charge in [0.25, 0.3) is 11.8 Å². The number of rotatable bonds is 47. The molecular formula is C118H150N12O17S2. The van der Waals surface area contributed by atoms with Gasteiger partial charge in [0.15, 0.2) is 11.6 Å². The lowest BCUT2D eigenvalue weighted by atomic mass is 9.76. The highest BCUT2D eigenvalue weighted by atomic mass is 32.1. The highest BCUT2D eigenvalue weighted by Gasteiger charge is 2.47. The number of aliphatic carboxylic acids is 1. The Morgan fingerprint density at radius 3 is 1.29 bits per heavy atom. The van der Waals surface area contributed by atoms with E-state index < -0.39 is 52.9 Å². The first-order valence-electron chi connectivity index (χ1n) is 53.5. The molecule has 10 N–H and O–H groups in total. The highest BCUT2D eigenvalue weighted by molar-refractivity contribution is 7.13. The van der Waals surface area contributed by atoms with Crippen LogP contribution >= 0.6 is 22.7 Å². The van der Waals surface area contributed by atoms with Crippen molar-refractivity contribution < 1.29 is 83.0 Å². The molecule has 2 fully saturated rings. The van der Waals surface area contributed by atoms with Crippen LogP contribution in [0.15, 0.2) is 133 Å². The van der Waals surface area contributed by atoms with Crippen LogP contribution < -0.4 is 31.2 Å². The number of thiazole rings is 2. The number of β-amino-alcohol motifs (C(OH)–C–C–N with tert-alkyl or cyclic N) is 2. The molecule has 6 aliphatic rings. The van der Waals surface area contributed by atoms with Gasteiger partial charge in [-0.1, -0.05) is 140 Å². The summed E-state index contributed by atoms with van der Waals surface area (Å²) in [5, 5.41) is 59.2. The molecule has 8 atom stereocenters. The SMILES string of the molecule is Cc1c(CO)cc(C(=O)N[C@@H]2CCc3ccc(-c4cn5c(n4)CCC5)cc32)cc1OCCCN.Cc1ncsc1-c1ccc(CCC(=O)[C@@H]2C[C@@H](O)CN2C(=O)[C@@H](CC(=O)CCCCCCC(=O)NCCCOc2cc(C(=O)N[C@@H]3CCc4ccc(-c5cn6c(n5)CCC6)cc43)cc(CO)c2C)C(C)(C)C)cc1.Cc1ncsc1-c1ccc(CCC(=O)[C@@H]2C[C@@H](O)CN2C(=O)[C@@H](CC(=O)CCCCCCC(=O)O)C(C)(C)C)cc1. The molecule has 0 bridgehead atoms. The number of Topliss-reactive ketones (excluding diaryl/α,β-unsaturated/α-hetero) is 4. The predicted octanol–water partition coefficient (Wildman–Crippen LogP) is 18.2. The number of amides is 5. The second kappa shape index (κ2) is 52.6. The van der Waals surface area contributed by atoms with E-state index in [2.05, 4.69) is 83.8 Å². The number of hydrogen-bond acceptors (Lipinski definition) is 23. The summed E-state index contributed by atoms with van der Waals surface area (Å²) in [6.45, 7) is 22.9. The van der Waals surface area contributed by atoms with Crippen LogP contribution in [0.2, 0.25) is 0 Å². The van der Waals surface area contributed by atoms with Crippen molar-refractivity contribution >= 4 is 81.3 Å². The number of ether oxygens (including phenoxy) is 2. The number of aliphatic hydroxyl groups is 4. The molecule has 8 heterocycles. The van der Waals surface area contributed by atoms with Crippen LogP contribution in [0.25, 0.3) is 43.4 Å². The number of aromatic nitrogens is 6. The van der Waals surface area contributed by atoms with Crippen LogP contribution in [0.4, 0.5) is 0 Å². The van der Waals surface area contributed by atoms with E-state index in [1.54, 1.807) is 46.9 Å². The van der Waals surface area contributed by atoms with Crippen molar-refractivity contribution in [2.45, 2.75) is 325 Å². The minimum atomic E-state index is -0.812. The quantitative estimate of drug-likeness (QED) is 0.0160. The lowest BCUT2D eigenvalue weighted by Crippen LogP contribution is -2.47. The van der Waals surface area contributed by atoms with Gasteiger partial charge in [0.05, 0.1) is 106 Å². The van der Waals surface area contributed by atoms with Gasteiger partial charge < -0.3 is 75.6 Å². The van der Waals surface area contributed by atoms with E-state index in [0.29, 0.717) is 124 Å². The van der Waals surface area contributed by atoms with Gasteiger partial charge in [-0.2, -0.15) is 0 Å². The lowest BCUT2D eigenvalue weighted by Gasteiger charge is -2.34. The largest absolute Gasteiger partial charge is 0.493 e. The van der Waals surface area contributed by atoms with Crippen molar-refractivity contribution in [1.82, 2.24) is 54.8 Å². The van der Waals surface area contributed by atoms with Gasteiger partial charge in [-0.15, -0.1) is 22.7 Å². The minimum absolute atomic E-state index is 0.00361. The monoisotopic (exact) mass is 2070 g/mol. The summed E-state index contributed by atoms with van der Waals surface area (Å²) < 4.78 is 16.4.